The molecule has 3 aromatic rings. The Bertz CT molecular complexity index is 1090. The zero-order chi connectivity index (χ0) is 18.1. The van der Waals surface area contributed by atoms with Crippen molar-refractivity contribution in [1.82, 2.24) is 0 Å². The third-order valence-corrected chi connectivity index (χ3v) is 4.98. The Balaban J connectivity index is 1.85. The molecule has 0 saturated carbocycles. The number of aryl methyl sites for hydroxylation is 1. The maximum absolute atomic E-state index is 12.9. The average Bonchev–Trinajstić information content (AvgIpc) is 3.07. The predicted molar refractivity (Wildman–Crippen MR) is 91.5 cm³/mol. The number of methoxy groups -OCH3 is 1. The van der Waals surface area contributed by atoms with Gasteiger partial charge in [-0.15, -0.1) is 0 Å². The van der Waals surface area contributed by atoms with Crippen LogP contribution in [0.4, 0.5) is 0 Å². The van der Waals surface area contributed by atoms with Crippen LogP contribution in [0.15, 0.2) is 54.6 Å². The first-order valence-electron chi connectivity index (χ1n) is 8.91. The Kier molecular flexibility index (Phi) is 2.24. The van der Waals surface area contributed by atoms with Gasteiger partial charge in [0, 0.05) is 13.9 Å². The highest BCUT2D eigenvalue weighted by Crippen LogP contribution is 2.51. The molecule has 1 unspecified atom stereocenters. The van der Waals surface area contributed by atoms with E-state index in [0.29, 0.717) is 16.9 Å². The van der Waals surface area contributed by atoms with Crippen LogP contribution in [0.5, 0.6) is 5.75 Å². The van der Waals surface area contributed by atoms with Gasteiger partial charge in [0.15, 0.2) is 5.60 Å². The molecular weight excluding hydrogens is 300 g/mol. The number of rotatable bonds is 1. The molecule has 1 heterocycles. The maximum Gasteiger partial charge on any atom is 0.340 e. The molecule has 5 rings (SSSR count). The fraction of sp³-hybridized carbons (Fsp3) is 0.190. The monoisotopic (exact) mass is 318 g/mol. The minimum Gasteiger partial charge on any atom is -0.497 e. The Morgan fingerprint density at radius 1 is 1.12 bits per heavy atom. The van der Waals surface area contributed by atoms with Gasteiger partial charge in [-0.05, 0) is 47.3 Å². The number of carbonyl (C=O) groups excluding carboxylic acids is 1. The molecule has 3 nitrogen and oxygen atoms in total. The van der Waals surface area contributed by atoms with Crippen LogP contribution in [-0.2, 0) is 16.8 Å². The summed E-state index contributed by atoms with van der Waals surface area (Å²) in [6.45, 7) is 0. The van der Waals surface area contributed by atoms with Crippen LogP contribution in [-0.4, -0.2) is 13.1 Å². The molecular formula is C21H16O3. The van der Waals surface area contributed by atoms with Gasteiger partial charge >= 0.3 is 5.97 Å². The van der Waals surface area contributed by atoms with Crippen molar-refractivity contribution < 1.29 is 17.0 Å². The highest BCUT2D eigenvalue weighted by Gasteiger charge is 2.51. The second-order valence-corrected chi connectivity index (χ2v) is 6.16. The molecule has 1 spiro atoms. The van der Waals surface area contributed by atoms with E-state index in [9.17, 15) is 4.79 Å². The molecule has 3 aromatic carbocycles. The van der Waals surface area contributed by atoms with Gasteiger partial charge in [-0.25, -0.2) is 4.79 Å². The second kappa shape index (κ2) is 4.60. The van der Waals surface area contributed by atoms with Gasteiger partial charge in [0.1, 0.15) is 5.75 Å². The Morgan fingerprint density at radius 2 is 2.00 bits per heavy atom. The Morgan fingerprint density at radius 3 is 2.88 bits per heavy atom. The quantitative estimate of drug-likeness (QED) is 0.631. The number of ether oxygens (including phenoxy) is 2. The Labute approximate surface area is 142 Å². The summed E-state index contributed by atoms with van der Waals surface area (Å²) in [7, 11) is 1.60. The lowest BCUT2D eigenvalue weighted by Gasteiger charge is -2.24. The summed E-state index contributed by atoms with van der Waals surface area (Å²) in [6.07, 6.45) is -1.49. The van der Waals surface area contributed by atoms with E-state index in [-0.39, 0.29) is 6.42 Å². The van der Waals surface area contributed by atoms with E-state index in [0.717, 1.165) is 21.9 Å². The molecule has 3 heteroatoms. The number of hydrogen-bond acceptors (Lipinski definition) is 3. The first-order valence-corrected chi connectivity index (χ1v) is 7.91. The van der Waals surface area contributed by atoms with Gasteiger partial charge in [-0.2, -0.15) is 0 Å². The van der Waals surface area contributed by atoms with Crippen molar-refractivity contribution in [3.05, 3.63) is 76.9 Å². The van der Waals surface area contributed by atoms with E-state index in [1.165, 1.54) is 0 Å². The molecule has 0 saturated heterocycles. The summed E-state index contributed by atoms with van der Waals surface area (Å²) in [5.41, 5.74) is 1.29. The minimum atomic E-state index is -1.71. The van der Waals surface area contributed by atoms with Gasteiger partial charge in [-0.3, -0.25) is 0 Å². The zero-order valence-corrected chi connectivity index (χ0v) is 13.1. The van der Waals surface area contributed by atoms with E-state index in [4.69, 9.17) is 12.2 Å². The van der Waals surface area contributed by atoms with Crippen molar-refractivity contribution in [3.8, 4) is 5.75 Å². The molecule has 2 aliphatic rings. The molecule has 0 bridgehead atoms. The molecule has 1 aliphatic heterocycles. The topological polar surface area (TPSA) is 35.5 Å². The summed E-state index contributed by atoms with van der Waals surface area (Å²) < 4.78 is 28.5. The molecule has 1 aliphatic carbocycles. The van der Waals surface area contributed by atoms with E-state index in [2.05, 4.69) is 0 Å². The average molecular weight is 318 g/mol. The number of esters is 1. The lowest BCUT2D eigenvalue weighted by atomic mass is 9.85. The van der Waals surface area contributed by atoms with Crippen LogP contribution >= 0.6 is 0 Å². The molecule has 0 fully saturated rings. The third-order valence-electron chi connectivity index (χ3n) is 4.98. The normalized spacial score (nSPS) is 24.3. The number of benzene rings is 3. The lowest BCUT2D eigenvalue weighted by Crippen LogP contribution is -2.24. The van der Waals surface area contributed by atoms with Gasteiger partial charge in [0.2, 0.25) is 0 Å². The van der Waals surface area contributed by atoms with Crippen molar-refractivity contribution in [1.29, 1.82) is 0 Å². The van der Waals surface area contributed by atoms with Gasteiger partial charge in [-0.1, -0.05) is 36.4 Å². The third kappa shape index (κ3) is 1.59. The fourth-order valence-corrected chi connectivity index (χ4v) is 3.86. The summed E-state index contributed by atoms with van der Waals surface area (Å²) >= 11 is 0. The van der Waals surface area contributed by atoms with E-state index in [1.54, 1.807) is 13.2 Å². The van der Waals surface area contributed by atoms with Crippen LogP contribution < -0.4 is 4.74 Å². The van der Waals surface area contributed by atoms with Crippen molar-refractivity contribution in [3.63, 3.8) is 0 Å². The molecule has 0 amide bonds. The molecule has 0 radical (unpaired) electrons. The van der Waals surface area contributed by atoms with Crippen LogP contribution in [0.1, 0.15) is 36.2 Å². The summed E-state index contributed by atoms with van der Waals surface area (Å²) in [6, 6.07) is 16.7. The standard InChI is InChI=1S/C21H16O3/c1-23-15-7-8-16-14(12-15)6-9-18-19(16)20(22)24-21(18)11-10-13-4-2-3-5-17(13)21/h2-9,12H,10-11H2,1H3/i11D2. The minimum absolute atomic E-state index is 0.219. The van der Waals surface area contributed by atoms with Crippen LogP contribution in [0, 0.1) is 0 Å². The maximum atomic E-state index is 12.9. The molecule has 118 valence electrons. The number of fused-ring (bicyclic) bond motifs is 6. The first-order chi connectivity index (χ1) is 12.5. The molecule has 0 aromatic heterocycles. The lowest BCUT2D eigenvalue weighted by molar-refractivity contribution is 0.0116. The SMILES string of the molecule is [2H]C1([2H])Cc2ccccc2C12OC(=O)c1c2ccc2cc(OC)ccc12. The molecule has 1 atom stereocenters. The number of carbonyl (C=O) groups is 1. The van der Waals surface area contributed by atoms with Crippen LogP contribution in [0.25, 0.3) is 10.8 Å². The van der Waals surface area contributed by atoms with E-state index in [1.807, 2.05) is 48.5 Å². The fourth-order valence-electron chi connectivity index (χ4n) is 3.86. The largest absolute Gasteiger partial charge is 0.497 e. The smallest absolute Gasteiger partial charge is 0.340 e. The Hall–Kier alpha value is -2.81. The summed E-state index contributed by atoms with van der Waals surface area (Å²) in [5, 5.41) is 1.62. The van der Waals surface area contributed by atoms with Gasteiger partial charge in [0.05, 0.1) is 12.7 Å². The highest BCUT2D eigenvalue weighted by atomic mass is 16.6. The van der Waals surface area contributed by atoms with E-state index >= 15 is 0 Å². The second-order valence-electron chi connectivity index (χ2n) is 6.16. The zero-order valence-electron chi connectivity index (χ0n) is 15.1. The van der Waals surface area contributed by atoms with Crippen molar-refractivity contribution in [2.75, 3.05) is 7.11 Å². The molecule has 0 N–H and O–H groups in total. The summed E-state index contributed by atoms with van der Waals surface area (Å²) in [5.74, 6) is 0.233. The summed E-state index contributed by atoms with van der Waals surface area (Å²) in [4.78, 5) is 12.9. The highest BCUT2D eigenvalue weighted by molar-refractivity contribution is 6.09. The van der Waals surface area contributed by atoms with E-state index < -0.39 is 17.9 Å². The van der Waals surface area contributed by atoms with Gasteiger partial charge in [0.25, 0.3) is 0 Å². The van der Waals surface area contributed by atoms with Crippen LogP contribution in [0.2, 0.25) is 0 Å². The molecule has 24 heavy (non-hydrogen) atoms. The van der Waals surface area contributed by atoms with Crippen molar-refractivity contribution in [2.24, 2.45) is 0 Å². The van der Waals surface area contributed by atoms with Crippen molar-refractivity contribution in [2.45, 2.75) is 18.4 Å². The van der Waals surface area contributed by atoms with Crippen molar-refractivity contribution >= 4 is 16.7 Å². The number of hydrogen-bond donors (Lipinski definition) is 0. The first kappa shape index (κ1) is 11.7. The van der Waals surface area contributed by atoms with Gasteiger partial charge < -0.3 is 9.47 Å². The van der Waals surface area contributed by atoms with Crippen LogP contribution in [0.3, 0.4) is 0 Å². The predicted octanol–water partition coefficient (Wildman–Crippen LogP) is 4.21.